The van der Waals surface area contributed by atoms with Gasteiger partial charge in [0.05, 0.1) is 0 Å². The van der Waals surface area contributed by atoms with E-state index in [1.807, 2.05) is 6.92 Å². The molecule has 0 saturated carbocycles. The molecule has 5 heteroatoms. The van der Waals surface area contributed by atoms with E-state index in [4.69, 9.17) is 0 Å². The minimum atomic E-state index is -0.204. The van der Waals surface area contributed by atoms with Crippen molar-refractivity contribution in [1.82, 2.24) is 15.5 Å². The first kappa shape index (κ1) is 10.6. The fourth-order valence-corrected chi connectivity index (χ4v) is 1.02. The topological polar surface area (TPSA) is 69.8 Å². The molecule has 3 N–H and O–H groups in total. The number of anilines is 1. The van der Waals surface area contributed by atoms with Gasteiger partial charge in [-0.05, 0) is 13.3 Å². The minimum absolute atomic E-state index is 0.204. The molecule has 0 aromatic carbocycles. The maximum Gasteiger partial charge on any atom is 0.320 e. The molecule has 0 fully saturated rings. The number of hydrogen-bond donors (Lipinski definition) is 3. The molecule has 0 spiro atoms. The molecule has 5 nitrogen and oxygen atoms in total. The maximum absolute atomic E-state index is 11.2. The molecule has 0 aliphatic heterocycles. The van der Waals surface area contributed by atoms with Gasteiger partial charge >= 0.3 is 6.03 Å². The van der Waals surface area contributed by atoms with Gasteiger partial charge in [0.1, 0.15) is 0 Å². The number of rotatable bonds is 4. The van der Waals surface area contributed by atoms with E-state index in [0.717, 1.165) is 18.5 Å². The van der Waals surface area contributed by atoms with E-state index >= 15 is 0 Å². The number of carbonyl (C=O) groups excluding carboxylic acids is 1. The van der Waals surface area contributed by atoms with Crippen LogP contribution < -0.4 is 10.6 Å². The molecule has 2 amide bonds. The van der Waals surface area contributed by atoms with Crippen LogP contribution in [0.25, 0.3) is 0 Å². The lowest BCUT2D eigenvalue weighted by molar-refractivity contribution is 0.252. The van der Waals surface area contributed by atoms with Crippen LogP contribution >= 0.6 is 0 Å². The van der Waals surface area contributed by atoms with Crippen molar-refractivity contribution in [3.8, 4) is 0 Å². The number of nitrogens with zero attached hydrogens (tertiary/aromatic N) is 1. The second-order valence-corrected chi connectivity index (χ2v) is 3.17. The van der Waals surface area contributed by atoms with Crippen molar-refractivity contribution >= 4 is 11.8 Å². The Kier molecular flexibility index (Phi) is 3.97. The number of unbranched alkanes of at least 4 members (excludes halogenated alkanes) is 1. The predicted molar refractivity (Wildman–Crippen MR) is 55.3 cm³/mol. The quantitative estimate of drug-likeness (QED) is 0.641. The van der Waals surface area contributed by atoms with Crippen molar-refractivity contribution in [2.45, 2.75) is 26.7 Å². The Morgan fingerprint density at radius 3 is 3.00 bits per heavy atom. The fraction of sp³-hybridized carbons (Fsp3) is 0.556. The average Bonchev–Trinajstić information content (AvgIpc) is 2.52. The normalized spacial score (nSPS) is 9.86. The van der Waals surface area contributed by atoms with Gasteiger partial charge in [0, 0.05) is 18.3 Å². The van der Waals surface area contributed by atoms with Gasteiger partial charge in [-0.3, -0.25) is 10.4 Å². The third-order valence-corrected chi connectivity index (χ3v) is 1.76. The van der Waals surface area contributed by atoms with Gasteiger partial charge in [0.2, 0.25) is 0 Å². The van der Waals surface area contributed by atoms with Crippen LogP contribution in [0.15, 0.2) is 6.07 Å². The summed E-state index contributed by atoms with van der Waals surface area (Å²) in [5, 5.41) is 12.0. The second kappa shape index (κ2) is 5.26. The zero-order valence-corrected chi connectivity index (χ0v) is 8.55. The lowest BCUT2D eigenvalue weighted by atomic mass is 10.3. The van der Waals surface area contributed by atoms with Gasteiger partial charge in [0.15, 0.2) is 5.82 Å². The summed E-state index contributed by atoms with van der Waals surface area (Å²) in [6.45, 7) is 4.66. The molecule has 0 unspecified atom stereocenters. The molecule has 14 heavy (non-hydrogen) atoms. The Balaban J connectivity index is 2.27. The van der Waals surface area contributed by atoms with Gasteiger partial charge < -0.3 is 5.32 Å². The van der Waals surface area contributed by atoms with Crippen LogP contribution in [-0.4, -0.2) is 22.8 Å². The van der Waals surface area contributed by atoms with Gasteiger partial charge in [-0.15, -0.1) is 0 Å². The summed E-state index contributed by atoms with van der Waals surface area (Å²) in [7, 11) is 0. The van der Waals surface area contributed by atoms with E-state index < -0.39 is 0 Å². The summed E-state index contributed by atoms with van der Waals surface area (Å²) in [5.74, 6) is 0.552. The summed E-state index contributed by atoms with van der Waals surface area (Å²) >= 11 is 0. The van der Waals surface area contributed by atoms with Crippen molar-refractivity contribution < 1.29 is 4.79 Å². The molecule has 0 radical (unpaired) electrons. The molecule has 0 aliphatic carbocycles. The third kappa shape index (κ3) is 3.47. The first-order valence-corrected chi connectivity index (χ1v) is 4.79. The van der Waals surface area contributed by atoms with E-state index in [1.54, 1.807) is 6.07 Å². The van der Waals surface area contributed by atoms with Crippen LogP contribution in [0.3, 0.4) is 0 Å². The predicted octanol–water partition coefficient (Wildman–Crippen LogP) is 1.64. The number of carbonyl (C=O) groups is 1. The molecular formula is C9H16N4O. The minimum Gasteiger partial charge on any atom is -0.338 e. The lowest BCUT2D eigenvalue weighted by Gasteiger charge is -2.03. The van der Waals surface area contributed by atoms with Crippen molar-refractivity contribution in [3.63, 3.8) is 0 Å². The fourth-order valence-electron chi connectivity index (χ4n) is 1.02. The van der Waals surface area contributed by atoms with E-state index in [1.165, 1.54) is 0 Å². The molecule has 0 atom stereocenters. The number of aromatic nitrogens is 2. The Bertz CT molecular complexity index is 295. The summed E-state index contributed by atoms with van der Waals surface area (Å²) in [5.41, 5.74) is 0.925. The van der Waals surface area contributed by atoms with Crippen molar-refractivity contribution in [3.05, 3.63) is 11.8 Å². The Morgan fingerprint density at radius 2 is 2.43 bits per heavy atom. The van der Waals surface area contributed by atoms with Crippen LogP contribution in [0.1, 0.15) is 25.5 Å². The molecule has 1 aromatic heterocycles. The van der Waals surface area contributed by atoms with Gasteiger partial charge in [-0.2, -0.15) is 5.10 Å². The van der Waals surface area contributed by atoms with Crippen LogP contribution in [0, 0.1) is 6.92 Å². The standard InChI is InChI=1S/C9H16N4O/c1-3-4-5-10-9(14)11-8-6-7(2)12-13-8/h6H,3-5H2,1-2H3,(H3,10,11,12,13,14). The highest BCUT2D eigenvalue weighted by molar-refractivity contribution is 5.88. The zero-order chi connectivity index (χ0) is 10.4. The van der Waals surface area contributed by atoms with Gasteiger partial charge in [-0.25, -0.2) is 4.79 Å². The first-order chi connectivity index (χ1) is 6.72. The zero-order valence-electron chi connectivity index (χ0n) is 8.55. The molecule has 0 bridgehead atoms. The number of nitrogens with one attached hydrogen (secondary N) is 3. The summed E-state index contributed by atoms with van der Waals surface area (Å²) in [6, 6.07) is 1.57. The SMILES string of the molecule is CCCCNC(=O)Nc1cc(C)[nH]n1. The Labute approximate surface area is 83.3 Å². The average molecular weight is 196 g/mol. The van der Waals surface area contributed by atoms with E-state index in [9.17, 15) is 4.79 Å². The van der Waals surface area contributed by atoms with Crippen LogP contribution in [0.5, 0.6) is 0 Å². The Hall–Kier alpha value is -1.52. The number of amides is 2. The largest absolute Gasteiger partial charge is 0.338 e. The highest BCUT2D eigenvalue weighted by atomic mass is 16.2. The molecule has 1 rings (SSSR count). The molecule has 78 valence electrons. The van der Waals surface area contributed by atoms with Crippen molar-refractivity contribution in [2.75, 3.05) is 11.9 Å². The smallest absolute Gasteiger partial charge is 0.320 e. The lowest BCUT2D eigenvalue weighted by Crippen LogP contribution is -2.29. The number of aryl methyl sites for hydroxylation is 1. The van der Waals surface area contributed by atoms with Crippen LogP contribution in [0.4, 0.5) is 10.6 Å². The van der Waals surface area contributed by atoms with Crippen LogP contribution in [-0.2, 0) is 0 Å². The molecular weight excluding hydrogens is 180 g/mol. The van der Waals surface area contributed by atoms with E-state index in [-0.39, 0.29) is 6.03 Å². The molecule has 1 aromatic rings. The van der Waals surface area contributed by atoms with Gasteiger partial charge in [-0.1, -0.05) is 13.3 Å². The highest BCUT2D eigenvalue weighted by Crippen LogP contribution is 2.02. The third-order valence-electron chi connectivity index (χ3n) is 1.76. The monoisotopic (exact) mass is 196 g/mol. The molecule has 0 saturated heterocycles. The molecule has 1 heterocycles. The summed E-state index contributed by atoms with van der Waals surface area (Å²) in [4.78, 5) is 11.2. The highest BCUT2D eigenvalue weighted by Gasteiger charge is 2.02. The number of urea groups is 1. The van der Waals surface area contributed by atoms with Crippen molar-refractivity contribution in [2.24, 2.45) is 0 Å². The number of hydrogen-bond acceptors (Lipinski definition) is 2. The van der Waals surface area contributed by atoms with E-state index in [0.29, 0.717) is 12.4 Å². The van der Waals surface area contributed by atoms with Crippen LogP contribution in [0.2, 0.25) is 0 Å². The first-order valence-electron chi connectivity index (χ1n) is 4.79. The van der Waals surface area contributed by atoms with E-state index in [2.05, 4.69) is 27.8 Å². The van der Waals surface area contributed by atoms with Gasteiger partial charge in [0.25, 0.3) is 0 Å². The summed E-state index contributed by atoms with van der Waals surface area (Å²) in [6.07, 6.45) is 2.06. The number of aromatic amines is 1. The maximum atomic E-state index is 11.2. The number of H-pyrrole nitrogens is 1. The summed E-state index contributed by atoms with van der Waals surface area (Å²) < 4.78 is 0. The second-order valence-electron chi connectivity index (χ2n) is 3.17. The van der Waals surface area contributed by atoms with Crippen molar-refractivity contribution in [1.29, 1.82) is 0 Å². The Morgan fingerprint density at radius 1 is 1.64 bits per heavy atom. The molecule has 0 aliphatic rings.